The molecular weight excluding hydrogens is 274 g/mol. The fourth-order valence-corrected chi connectivity index (χ4v) is 1.81. The van der Waals surface area contributed by atoms with Crippen LogP contribution in [0.1, 0.15) is 23.2 Å². The van der Waals surface area contributed by atoms with Crippen molar-refractivity contribution in [3.8, 4) is 17.6 Å². The highest BCUT2D eigenvalue weighted by atomic mass is 35.5. The van der Waals surface area contributed by atoms with Gasteiger partial charge in [0.15, 0.2) is 0 Å². The second kappa shape index (κ2) is 6.97. The molecule has 1 aromatic carbocycles. The number of aromatic nitrogens is 3. The molecule has 0 bridgehead atoms. The molecule has 0 unspecified atom stereocenters. The van der Waals surface area contributed by atoms with E-state index in [0.717, 1.165) is 22.6 Å². The lowest BCUT2D eigenvalue weighted by molar-refractivity contribution is 0.299. The highest BCUT2D eigenvalue weighted by Crippen LogP contribution is 2.19. The van der Waals surface area contributed by atoms with E-state index in [1.54, 1.807) is 4.68 Å². The summed E-state index contributed by atoms with van der Waals surface area (Å²) in [5, 5.41) is 7.85. The first-order valence-corrected chi connectivity index (χ1v) is 6.86. The van der Waals surface area contributed by atoms with Gasteiger partial charge in [0.05, 0.1) is 6.20 Å². The van der Waals surface area contributed by atoms with Gasteiger partial charge in [0, 0.05) is 24.9 Å². The molecule has 0 saturated heterocycles. The number of alkyl halides is 1. The molecule has 0 atom stereocenters. The van der Waals surface area contributed by atoms with E-state index in [2.05, 4.69) is 22.2 Å². The van der Waals surface area contributed by atoms with E-state index in [4.69, 9.17) is 16.3 Å². The smallest absolute Gasteiger partial charge is 0.134 e. The third-order valence-corrected chi connectivity index (χ3v) is 2.84. The lowest BCUT2D eigenvalue weighted by Crippen LogP contribution is -1.97. The van der Waals surface area contributed by atoms with Crippen molar-refractivity contribution in [3.63, 3.8) is 0 Å². The predicted molar refractivity (Wildman–Crippen MR) is 78.7 cm³/mol. The summed E-state index contributed by atoms with van der Waals surface area (Å²) in [7, 11) is 1.83. The molecule has 104 valence electrons. The molecule has 0 amide bonds. The third kappa shape index (κ3) is 4.01. The minimum absolute atomic E-state index is 0.409. The van der Waals surface area contributed by atoms with Crippen LogP contribution in [0.3, 0.4) is 0 Å². The van der Waals surface area contributed by atoms with Gasteiger partial charge in [-0.25, -0.2) is 0 Å². The Morgan fingerprint density at radius 2 is 2.25 bits per heavy atom. The summed E-state index contributed by atoms with van der Waals surface area (Å²) in [6.07, 6.45) is 2.53. The van der Waals surface area contributed by atoms with Crippen LogP contribution < -0.4 is 4.74 Å². The Bertz CT molecular complexity index is 640. The maximum atomic E-state index is 5.73. The van der Waals surface area contributed by atoms with E-state index in [0.29, 0.717) is 18.9 Å². The Balaban J connectivity index is 2.01. The largest absolute Gasteiger partial charge is 0.487 e. The zero-order valence-corrected chi connectivity index (χ0v) is 12.3. The number of hydrogen-bond acceptors (Lipinski definition) is 3. The van der Waals surface area contributed by atoms with Crippen molar-refractivity contribution in [2.45, 2.75) is 20.0 Å². The maximum Gasteiger partial charge on any atom is 0.134 e. The van der Waals surface area contributed by atoms with Crippen molar-refractivity contribution in [3.05, 3.63) is 41.2 Å². The lowest BCUT2D eigenvalue weighted by Gasteiger charge is -2.07. The average Bonchev–Trinajstić information content (AvgIpc) is 2.84. The average molecular weight is 290 g/mol. The van der Waals surface area contributed by atoms with E-state index in [9.17, 15) is 0 Å². The van der Waals surface area contributed by atoms with E-state index in [1.807, 2.05) is 38.4 Å². The monoisotopic (exact) mass is 289 g/mol. The molecule has 2 rings (SSSR count). The highest BCUT2D eigenvalue weighted by Gasteiger charge is 2.03. The Morgan fingerprint density at radius 3 is 2.90 bits per heavy atom. The first-order valence-electron chi connectivity index (χ1n) is 6.32. The zero-order chi connectivity index (χ0) is 14.4. The van der Waals surface area contributed by atoms with Crippen LogP contribution in [0.4, 0.5) is 0 Å². The molecule has 20 heavy (non-hydrogen) atoms. The van der Waals surface area contributed by atoms with Gasteiger partial charge < -0.3 is 4.74 Å². The Morgan fingerprint density at radius 1 is 1.40 bits per heavy atom. The van der Waals surface area contributed by atoms with Gasteiger partial charge in [-0.3, -0.25) is 4.68 Å². The molecule has 0 N–H and O–H groups in total. The van der Waals surface area contributed by atoms with Crippen LogP contribution in [-0.2, 0) is 13.7 Å². The van der Waals surface area contributed by atoms with Gasteiger partial charge in [0.25, 0.3) is 0 Å². The summed E-state index contributed by atoms with van der Waals surface area (Å²) in [6.45, 7) is 2.41. The van der Waals surface area contributed by atoms with E-state index in [-0.39, 0.29) is 0 Å². The van der Waals surface area contributed by atoms with Crippen molar-refractivity contribution in [1.82, 2.24) is 15.0 Å². The Kier molecular flexibility index (Phi) is 5.03. The third-order valence-electron chi connectivity index (χ3n) is 2.65. The Labute approximate surface area is 123 Å². The zero-order valence-electron chi connectivity index (χ0n) is 11.6. The molecule has 0 fully saturated rings. The van der Waals surface area contributed by atoms with Crippen molar-refractivity contribution in [1.29, 1.82) is 0 Å². The molecular formula is C15H16ClN3O. The molecule has 0 radical (unpaired) electrons. The van der Waals surface area contributed by atoms with Crippen LogP contribution in [0.15, 0.2) is 24.4 Å². The minimum atomic E-state index is 0.409. The van der Waals surface area contributed by atoms with Gasteiger partial charge in [-0.2, -0.15) is 0 Å². The summed E-state index contributed by atoms with van der Waals surface area (Å²) in [5.41, 5.74) is 2.82. The Hall–Kier alpha value is -1.99. The summed E-state index contributed by atoms with van der Waals surface area (Å²) >= 11 is 5.59. The van der Waals surface area contributed by atoms with Crippen LogP contribution in [-0.4, -0.2) is 20.9 Å². The molecule has 0 aliphatic carbocycles. The van der Waals surface area contributed by atoms with Crippen LogP contribution in [0.2, 0.25) is 0 Å². The maximum absolute atomic E-state index is 5.73. The quantitative estimate of drug-likeness (QED) is 0.642. The molecule has 5 heteroatoms. The summed E-state index contributed by atoms with van der Waals surface area (Å²) in [5.74, 6) is 7.48. The standard InChI is InChI=1S/C15H16ClN3O/c1-12-9-13(5-3-4-8-16)6-7-15(12)20-11-14-10-19(2)18-17-14/h6-7,9-10H,4,8,11H2,1-2H3. The number of nitrogens with zero attached hydrogens (tertiary/aromatic N) is 3. The molecule has 0 spiro atoms. The fraction of sp³-hybridized carbons (Fsp3) is 0.333. The first kappa shape index (κ1) is 14.4. The second-order valence-electron chi connectivity index (χ2n) is 4.39. The molecule has 0 aliphatic heterocycles. The van der Waals surface area contributed by atoms with Gasteiger partial charge in [-0.05, 0) is 30.7 Å². The molecule has 0 saturated carbocycles. The SMILES string of the molecule is Cc1cc(C#CCCCl)ccc1OCc1cn(C)nn1. The van der Waals surface area contributed by atoms with Crippen molar-refractivity contribution >= 4 is 11.6 Å². The van der Waals surface area contributed by atoms with Gasteiger partial charge >= 0.3 is 0 Å². The molecule has 1 heterocycles. The van der Waals surface area contributed by atoms with Crippen molar-refractivity contribution < 1.29 is 4.74 Å². The second-order valence-corrected chi connectivity index (χ2v) is 4.77. The van der Waals surface area contributed by atoms with Crippen LogP contribution >= 0.6 is 11.6 Å². The normalized spacial score (nSPS) is 9.95. The number of halogens is 1. The van der Waals surface area contributed by atoms with Gasteiger partial charge in [0.1, 0.15) is 18.1 Å². The highest BCUT2D eigenvalue weighted by molar-refractivity contribution is 6.18. The molecule has 4 nitrogen and oxygen atoms in total. The molecule has 1 aromatic heterocycles. The van der Waals surface area contributed by atoms with Gasteiger partial charge in [-0.15, -0.1) is 16.7 Å². The number of hydrogen-bond donors (Lipinski definition) is 0. The predicted octanol–water partition coefficient (Wildman–Crippen LogP) is 2.68. The summed E-state index contributed by atoms with van der Waals surface area (Å²) in [6, 6.07) is 5.88. The van der Waals surface area contributed by atoms with Gasteiger partial charge in [-0.1, -0.05) is 17.1 Å². The summed E-state index contributed by atoms with van der Waals surface area (Å²) < 4.78 is 7.39. The number of ether oxygens (including phenoxy) is 1. The number of aryl methyl sites for hydroxylation is 2. The summed E-state index contributed by atoms with van der Waals surface area (Å²) in [4.78, 5) is 0. The van der Waals surface area contributed by atoms with Crippen LogP contribution in [0, 0.1) is 18.8 Å². The van der Waals surface area contributed by atoms with Gasteiger partial charge in [0.2, 0.25) is 0 Å². The number of benzene rings is 1. The van der Waals surface area contributed by atoms with E-state index in [1.165, 1.54) is 0 Å². The lowest BCUT2D eigenvalue weighted by atomic mass is 10.1. The van der Waals surface area contributed by atoms with E-state index >= 15 is 0 Å². The fourth-order valence-electron chi connectivity index (χ4n) is 1.71. The molecule has 0 aliphatic rings. The van der Waals surface area contributed by atoms with Crippen LogP contribution in [0.5, 0.6) is 5.75 Å². The number of rotatable bonds is 4. The van der Waals surface area contributed by atoms with E-state index < -0.39 is 0 Å². The first-order chi connectivity index (χ1) is 9.69. The molecule has 2 aromatic rings. The topological polar surface area (TPSA) is 39.9 Å². The minimum Gasteiger partial charge on any atom is -0.487 e. The van der Waals surface area contributed by atoms with Crippen LogP contribution in [0.25, 0.3) is 0 Å². The van der Waals surface area contributed by atoms with Crippen molar-refractivity contribution in [2.24, 2.45) is 7.05 Å². The van der Waals surface area contributed by atoms with Crippen molar-refractivity contribution in [2.75, 3.05) is 5.88 Å².